The lowest BCUT2D eigenvalue weighted by Gasteiger charge is -2.51. The van der Waals surface area contributed by atoms with Crippen molar-refractivity contribution in [3.63, 3.8) is 0 Å². The summed E-state index contributed by atoms with van der Waals surface area (Å²) in [4.78, 5) is 6.66. The van der Waals surface area contributed by atoms with Crippen molar-refractivity contribution < 1.29 is 9.50 Å². The number of nitrogens with one attached hydrogen (secondary N) is 1. The van der Waals surface area contributed by atoms with Crippen LogP contribution in [0.15, 0.2) is 18.2 Å². The molecule has 32 heavy (non-hydrogen) atoms. The SMILES string of the molecule is Cc1nc2cc(-c3cc4c(nn3)N([C@H]3CC(C)(C)NC(C)(C)[C@H]3F)CC4)c(O)cc2n1C. The second-order valence-corrected chi connectivity index (χ2v) is 10.5. The van der Waals surface area contributed by atoms with Crippen LogP contribution in [0.5, 0.6) is 5.75 Å². The topological polar surface area (TPSA) is 79.1 Å². The van der Waals surface area contributed by atoms with Crippen LogP contribution in [-0.2, 0) is 13.5 Å². The van der Waals surface area contributed by atoms with Gasteiger partial charge in [-0.3, -0.25) is 0 Å². The van der Waals surface area contributed by atoms with E-state index in [1.165, 1.54) is 0 Å². The van der Waals surface area contributed by atoms with Crippen molar-refractivity contribution in [1.29, 1.82) is 0 Å². The van der Waals surface area contributed by atoms with Gasteiger partial charge in [-0.25, -0.2) is 9.37 Å². The van der Waals surface area contributed by atoms with E-state index in [4.69, 9.17) is 0 Å². The van der Waals surface area contributed by atoms with Crippen molar-refractivity contribution in [2.75, 3.05) is 11.4 Å². The summed E-state index contributed by atoms with van der Waals surface area (Å²) in [6.45, 7) is 10.7. The zero-order chi connectivity index (χ0) is 23.0. The maximum absolute atomic E-state index is 15.5. The van der Waals surface area contributed by atoms with Crippen molar-refractivity contribution in [3.05, 3.63) is 29.6 Å². The Morgan fingerprint density at radius 1 is 1.16 bits per heavy atom. The van der Waals surface area contributed by atoms with Crippen LogP contribution in [0.3, 0.4) is 0 Å². The Bertz CT molecular complexity index is 1220. The lowest BCUT2D eigenvalue weighted by molar-refractivity contribution is 0.0555. The molecule has 8 heteroatoms. The number of phenols is 1. The van der Waals surface area contributed by atoms with Gasteiger partial charge in [-0.1, -0.05) is 0 Å². The number of phenolic OH excluding ortho intramolecular Hbond substituents is 1. The maximum Gasteiger partial charge on any atom is 0.154 e. The van der Waals surface area contributed by atoms with E-state index in [-0.39, 0.29) is 17.3 Å². The predicted octanol–water partition coefficient (Wildman–Crippen LogP) is 3.66. The van der Waals surface area contributed by atoms with Gasteiger partial charge in [0.15, 0.2) is 5.82 Å². The van der Waals surface area contributed by atoms with Crippen LogP contribution in [-0.4, -0.2) is 54.7 Å². The van der Waals surface area contributed by atoms with Crippen LogP contribution in [0.25, 0.3) is 22.3 Å². The first kappa shape index (κ1) is 21.1. The number of aromatic nitrogens is 4. The van der Waals surface area contributed by atoms with Gasteiger partial charge in [0.05, 0.1) is 22.8 Å². The van der Waals surface area contributed by atoms with Crippen molar-refractivity contribution in [2.45, 2.75) is 70.8 Å². The van der Waals surface area contributed by atoms with Gasteiger partial charge < -0.3 is 19.9 Å². The third kappa shape index (κ3) is 3.23. The van der Waals surface area contributed by atoms with E-state index in [1.54, 1.807) is 6.07 Å². The number of piperidine rings is 1. The molecule has 0 amide bonds. The zero-order valence-corrected chi connectivity index (χ0v) is 19.6. The van der Waals surface area contributed by atoms with Gasteiger partial charge in [-0.05, 0) is 59.6 Å². The quantitative estimate of drug-likeness (QED) is 0.636. The number of rotatable bonds is 2. The van der Waals surface area contributed by atoms with E-state index >= 15 is 4.39 Å². The number of aromatic hydroxyl groups is 1. The van der Waals surface area contributed by atoms with Gasteiger partial charge in [0.2, 0.25) is 0 Å². The standard InChI is InChI=1S/C24H31FN6O/c1-13-26-17-10-15(20(32)11-18(17)30(13)6)16-9-14-7-8-31(22(14)28-27-16)19-12-23(2,3)29-24(4,5)21(19)25/h9-11,19,21,29,32H,7-8,12H2,1-6H3/t19-,21-/m0/s1. The Kier molecular flexibility index (Phi) is 4.54. The minimum Gasteiger partial charge on any atom is -0.507 e. The van der Waals surface area contributed by atoms with Gasteiger partial charge in [0, 0.05) is 41.9 Å². The Morgan fingerprint density at radius 3 is 2.66 bits per heavy atom. The van der Waals surface area contributed by atoms with E-state index in [0.29, 0.717) is 17.7 Å². The average molecular weight is 439 g/mol. The summed E-state index contributed by atoms with van der Waals surface area (Å²) in [6, 6.07) is 5.29. The number of halogens is 1. The van der Waals surface area contributed by atoms with E-state index in [0.717, 1.165) is 41.2 Å². The van der Waals surface area contributed by atoms with Gasteiger partial charge >= 0.3 is 0 Å². The molecule has 3 aromatic rings. The number of aryl methyl sites for hydroxylation is 2. The molecule has 7 nitrogen and oxygen atoms in total. The molecule has 2 N–H and O–H groups in total. The second-order valence-electron chi connectivity index (χ2n) is 10.5. The highest BCUT2D eigenvalue weighted by Crippen LogP contribution is 2.40. The minimum atomic E-state index is -1.03. The molecule has 1 aromatic carbocycles. The summed E-state index contributed by atoms with van der Waals surface area (Å²) in [6.07, 6.45) is 0.444. The molecule has 4 heterocycles. The van der Waals surface area contributed by atoms with Crippen molar-refractivity contribution in [2.24, 2.45) is 7.05 Å². The van der Waals surface area contributed by atoms with Crippen molar-refractivity contribution in [1.82, 2.24) is 25.1 Å². The van der Waals surface area contributed by atoms with Gasteiger partial charge in [0.25, 0.3) is 0 Å². The largest absolute Gasteiger partial charge is 0.507 e. The number of nitrogens with zero attached hydrogens (tertiary/aromatic N) is 5. The molecule has 0 unspecified atom stereocenters. The molecule has 0 spiro atoms. The van der Waals surface area contributed by atoms with E-state index in [1.807, 2.05) is 44.5 Å². The third-order valence-electron chi connectivity index (χ3n) is 7.05. The Morgan fingerprint density at radius 2 is 1.91 bits per heavy atom. The van der Waals surface area contributed by atoms with Gasteiger partial charge in [0.1, 0.15) is 17.7 Å². The lowest BCUT2D eigenvalue weighted by atomic mass is 9.77. The molecule has 0 radical (unpaired) electrons. The lowest BCUT2D eigenvalue weighted by Crippen LogP contribution is -2.69. The van der Waals surface area contributed by atoms with Crippen LogP contribution in [0.4, 0.5) is 10.2 Å². The summed E-state index contributed by atoms with van der Waals surface area (Å²) in [5.41, 5.74) is 3.13. The van der Waals surface area contributed by atoms with E-state index in [9.17, 15) is 5.11 Å². The number of alkyl halides is 1. The summed E-state index contributed by atoms with van der Waals surface area (Å²) in [5, 5.41) is 23.1. The average Bonchev–Trinajstić information content (AvgIpc) is 3.24. The van der Waals surface area contributed by atoms with Crippen molar-refractivity contribution >= 4 is 16.9 Å². The fourth-order valence-electron chi connectivity index (χ4n) is 5.57. The first-order valence-electron chi connectivity index (χ1n) is 11.2. The fraction of sp³-hybridized carbons (Fsp3) is 0.542. The highest BCUT2D eigenvalue weighted by Gasteiger charge is 2.49. The maximum atomic E-state index is 15.5. The monoisotopic (exact) mass is 438 g/mol. The molecule has 0 saturated carbocycles. The fourth-order valence-corrected chi connectivity index (χ4v) is 5.57. The Hall–Kier alpha value is -2.74. The molecule has 1 saturated heterocycles. The molecule has 2 atom stereocenters. The number of benzene rings is 1. The second kappa shape index (κ2) is 6.88. The minimum absolute atomic E-state index is 0.148. The molecule has 170 valence electrons. The normalized spacial score (nSPS) is 24.2. The Balaban J connectivity index is 1.51. The number of imidazole rings is 1. The molecular formula is C24H31FN6O. The molecule has 2 aliphatic heterocycles. The number of hydrogen-bond acceptors (Lipinski definition) is 6. The zero-order valence-electron chi connectivity index (χ0n) is 19.6. The Labute approximate surface area is 187 Å². The highest BCUT2D eigenvalue weighted by molar-refractivity contribution is 5.86. The summed E-state index contributed by atoms with van der Waals surface area (Å²) < 4.78 is 17.4. The predicted molar refractivity (Wildman–Crippen MR) is 124 cm³/mol. The first-order valence-corrected chi connectivity index (χ1v) is 11.2. The number of fused-ring (bicyclic) bond motifs is 2. The van der Waals surface area contributed by atoms with Crippen LogP contribution in [0.1, 0.15) is 45.5 Å². The summed E-state index contributed by atoms with van der Waals surface area (Å²) in [5.74, 6) is 1.78. The molecule has 0 aliphatic carbocycles. The van der Waals surface area contributed by atoms with Crippen LogP contribution >= 0.6 is 0 Å². The van der Waals surface area contributed by atoms with Crippen molar-refractivity contribution in [3.8, 4) is 17.0 Å². The molecule has 0 bridgehead atoms. The molecule has 5 rings (SSSR count). The van der Waals surface area contributed by atoms with E-state index < -0.39 is 11.7 Å². The molecule has 2 aromatic heterocycles. The summed E-state index contributed by atoms with van der Waals surface area (Å²) >= 11 is 0. The third-order valence-corrected chi connectivity index (χ3v) is 7.05. The summed E-state index contributed by atoms with van der Waals surface area (Å²) in [7, 11) is 1.93. The molecule has 1 fully saturated rings. The van der Waals surface area contributed by atoms with Crippen LogP contribution in [0, 0.1) is 6.92 Å². The first-order chi connectivity index (χ1) is 15.0. The van der Waals surface area contributed by atoms with E-state index in [2.05, 4.69) is 39.2 Å². The van der Waals surface area contributed by atoms with Crippen LogP contribution in [0.2, 0.25) is 0 Å². The molecule has 2 aliphatic rings. The smallest absolute Gasteiger partial charge is 0.154 e. The molecular weight excluding hydrogens is 407 g/mol. The highest BCUT2D eigenvalue weighted by atomic mass is 19.1. The van der Waals surface area contributed by atoms with Gasteiger partial charge in [-0.15, -0.1) is 10.2 Å². The number of hydrogen-bond donors (Lipinski definition) is 2. The van der Waals surface area contributed by atoms with Crippen LogP contribution < -0.4 is 10.2 Å². The van der Waals surface area contributed by atoms with Gasteiger partial charge in [-0.2, -0.15) is 0 Å². The number of anilines is 1.